The van der Waals surface area contributed by atoms with Gasteiger partial charge in [-0.1, -0.05) is 32.9 Å². The van der Waals surface area contributed by atoms with Gasteiger partial charge in [-0.3, -0.25) is 14.6 Å². The number of benzene rings is 2. The number of hydrogen-bond donors (Lipinski definition) is 2. The Balaban J connectivity index is 1.89. The maximum atomic E-state index is 12.7. The van der Waals surface area contributed by atoms with E-state index in [4.69, 9.17) is 9.72 Å². The van der Waals surface area contributed by atoms with Gasteiger partial charge in [-0.25, -0.2) is 13.2 Å². The van der Waals surface area contributed by atoms with Crippen molar-refractivity contribution >= 4 is 38.3 Å². The molecule has 1 aliphatic rings. The molecule has 1 aliphatic heterocycles. The molecule has 3 aromatic rings. The first-order valence-corrected chi connectivity index (χ1v) is 13.0. The van der Waals surface area contributed by atoms with Gasteiger partial charge >= 0.3 is 6.03 Å². The van der Waals surface area contributed by atoms with Gasteiger partial charge in [-0.05, 0) is 41.7 Å². The molecule has 9 heteroatoms. The Morgan fingerprint density at radius 3 is 2.41 bits per heavy atom. The summed E-state index contributed by atoms with van der Waals surface area (Å²) in [4.78, 5) is 19.2. The first kappa shape index (κ1) is 23.8. The van der Waals surface area contributed by atoms with E-state index in [1.54, 1.807) is 30.3 Å². The Hall–Kier alpha value is -3.33. The summed E-state index contributed by atoms with van der Waals surface area (Å²) in [6.07, 6.45) is 3.74. The summed E-state index contributed by atoms with van der Waals surface area (Å²) in [7, 11) is -1.70. The van der Waals surface area contributed by atoms with E-state index in [0.717, 1.165) is 46.2 Å². The molecule has 0 unspecified atom stereocenters. The van der Waals surface area contributed by atoms with E-state index < -0.39 is 10.0 Å². The van der Waals surface area contributed by atoms with E-state index in [9.17, 15) is 13.2 Å². The molecular weight excluding hydrogens is 452 g/mol. The van der Waals surface area contributed by atoms with E-state index in [0.29, 0.717) is 24.3 Å². The van der Waals surface area contributed by atoms with Crippen LogP contribution in [0.3, 0.4) is 0 Å². The van der Waals surface area contributed by atoms with Crippen LogP contribution >= 0.6 is 0 Å². The third-order valence-corrected chi connectivity index (χ3v) is 6.41. The fourth-order valence-electron chi connectivity index (χ4n) is 4.20. The van der Waals surface area contributed by atoms with Gasteiger partial charge in [0, 0.05) is 41.5 Å². The lowest BCUT2D eigenvalue weighted by atomic mass is 9.84. The summed E-state index contributed by atoms with van der Waals surface area (Å²) >= 11 is 0. The maximum Gasteiger partial charge on any atom is 0.321 e. The topological polar surface area (TPSA) is 101 Å². The molecule has 0 aliphatic carbocycles. The maximum absolute atomic E-state index is 12.7. The Bertz CT molecular complexity index is 1350. The number of carbonyl (C=O) groups is 1. The van der Waals surface area contributed by atoms with Crippen molar-refractivity contribution in [3.05, 3.63) is 48.2 Å². The zero-order valence-corrected chi connectivity index (χ0v) is 20.9. The summed E-state index contributed by atoms with van der Waals surface area (Å²) in [6, 6.07) is 11.0. The molecule has 0 bridgehead atoms. The lowest BCUT2D eigenvalue weighted by Gasteiger charge is -2.31. The molecule has 0 radical (unpaired) electrons. The Morgan fingerprint density at radius 1 is 1.12 bits per heavy atom. The summed E-state index contributed by atoms with van der Waals surface area (Å²) in [5.74, 6) is 0.730. The Morgan fingerprint density at radius 2 is 1.82 bits per heavy atom. The lowest BCUT2D eigenvalue weighted by molar-refractivity contribution is 0.243. The van der Waals surface area contributed by atoms with E-state index in [1.807, 2.05) is 24.3 Å². The van der Waals surface area contributed by atoms with Crippen LogP contribution in [-0.4, -0.2) is 45.9 Å². The number of ether oxygens (including phenoxy) is 1. The van der Waals surface area contributed by atoms with Gasteiger partial charge in [0.25, 0.3) is 0 Å². The number of sulfonamides is 1. The molecule has 4 rings (SSSR count). The average molecular weight is 483 g/mol. The predicted molar refractivity (Wildman–Crippen MR) is 136 cm³/mol. The van der Waals surface area contributed by atoms with Gasteiger partial charge in [-0.15, -0.1) is 0 Å². The van der Waals surface area contributed by atoms with E-state index in [2.05, 4.69) is 30.8 Å². The van der Waals surface area contributed by atoms with E-state index in [-0.39, 0.29) is 11.4 Å². The van der Waals surface area contributed by atoms with Crippen LogP contribution in [-0.2, 0) is 15.4 Å². The molecule has 1 fully saturated rings. The number of nitrogens with one attached hydrogen (secondary N) is 2. The van der Waals surface area contributed by atoms with Crippen LogP contribution < -0.4 is 19.7 Å². The number of aromatic nitrogens is 1. The van der Waals surface area contributed by atoms with Crippen molar-refractivity contribution in [2.24, 2.45) is 0 Å². The van der Waals surface area contributed by atoms with E-state index >= 15 is 0 Å². The standard InChI is InChI=1S/C25H30N4O4S/c1-25(2,3)20-14-21(29-12-6-11-26-24(29)30)22-19(23(20)33-4)13-17(15-27-22)16-7-9-18(10-8-16)28-34(5,31)32/h7-10,13-15,28H,6,11-12H2,1-5H3,(H,26,30). The molecule has 0 atom stereocenters. The zero-order chi connectivity index (χ0) is 24.7. The van der Waals surface area contributed by atoms with Crippen LogP contribution in [0.2, 0.25) is 0 Å². The molecule has 8 nitrogen and oxygen atoms in total. The number of pyridine rings is 1. The van der Waals surface area contributed by atoms with Crippen LogP contribution in [0.5, 0.6) is 5.75 Å². The first-order chi connectivity index (χ1) is 16.0. The first-order valence-electron chi connectivity index (χ1n) is 11.1. The monoisotopic (exact) mass is 482 g/mol. The SMILES string of the molecule is COc1c(C(C)(C)C)cc(N2CCCNC2=O)c2ncc(-c3ccc(NS(C)(=O)=O)cc3)cc12. The van der Waals surface area contributed by atoms with Gasteiger partial charge < -0.3 is 10.1 Å². The van der Waals surface area contributed by atoms with E-state index in [1.165, 1.54) is 0 Å². The van der Waals surface area contributed by atoms with Gasteiger partial charge in [0.2, 0.25) is 10.0 Å². The number of amides is 2. The van der Waals surface area contributed by atoms with Crippen LogP contribution in [0, 0.1) is 0 Å². The number of methoxy groups -OCH3 is 1. The summed E-state index contributed by atoms with van der Waals surface area (Å²) in [5, 5.41) is 3.74. The molecule has 1 aromatic heterocycles. The molecule has 34 heavy (non-hydrogen) atoms. The second-order valence-electron chi connectivity index (χ2n) is 9.54. The average Bonchev–Trinajstić information content (AvgIpc) is 2.77. The number of fused-ring (bicyclic) bond motifs is 1. The van der Waals surface area contributed by atoms with Gasteiger partial charge in [0.15, 0.2) is 0 Å². The lowest BCUT2D eigenvalue weighted by Crippen LogP contribution is -2.46. The normalized spacial score (nSPS) is 14.7. The van der Waals surface area contributed by atoms with Crippen molar-refractivity contribution in [2.45, 2.75) is 32.6 Å². The van der Waals surface area contributed by atoms with Crippen LogP contribution in [0.25, 0.3) is 22.0 Å². The minimum atomic E-state index is -3.35. The fraction of sp³-hybridized carbons (Fsp3) is 0.360. The minimum absolute atomic E-state index is 0.127. The highest BCUT2D eigenvalue weighted by atomic mass is 32.2. The predicted octanol–water partition coefficient (Wildman–Crippen LogP) is 4.50. The number of rotatable bonds is 5. The van der Waals surface area contributed by atoms with Crippen LogP contribution in [0.1, 0.15) is 32.8 Å². The van der Waals surface area contributed by atoms with Crippen molar-refractivity contribution in [1.82, 2.24) is 10.3 Å². The smallest absolute Gasteiger partial charge is 0.321 e. The second-order valence-corrected chi connectivity index (χ2v) is 11.3. The molecular formula is C25H30N4O4S. The molecule has 1 saturated heterocycles. The van der Waals surface area contributed by atoms with Crippen molar-refractivity contribution in [3.63, 3.8) is 0 Å². The zero-order valence-electron chi connectivity index (χ0n) is 20.1. The Kier molecular flexibility index (Phi) is 6.16. The third kappa shape index (κ3) is 4.79. The van der Waals surface area contributed by atoms with Gasteiger partial charge in [0.1, 0.15) is 5.75 Å². The van der Waals surface area contributed by atoms with Crippen LogP contribution in [0.15, 0.2) is 42.6 Å². The highest BCUT2D eigenvalue weighted by molar-refractivity contribution is 7.92. The summed E-state index contributed by atoms with van der Waals surface area (Å²) in [6.45, 7) is 7.62. The number of carbonyl (C=O) groups excluding carboxylic acids is 1. The molecule has 180 valence electrons. The van der Waals surface area contributed by atoms with Gasteiger partial charge in [-0.2, -0.15) is 0 Å². The second kappa shape index (κ2) is 8.79. The molecule has 2 amide bonds. The molecule has 2 heterocycles. The fourth-order valence-corrected chi connectivity index (χ4v) is 4.77. The molecule has 0 spiro atoms. The van der Waals surface area contributed by atoms with Crippen molar-refractivity contribution in [1.29, 1.82) is 0 Å². The highest BCUT2D eigenvalue weighted by Crippen LogP contribution is 2.43. The number of urea groups is 1. The molecule has 0 saturated carbocycles. The summed E-state index contributed by atoms with van der Waals surface area (Å²) < 4.78 is 31.4. The highest BCUT2D eigenvalue weighted by Gasteiger charge is 2.28. The number of hydrogen-bond acceptors (Lipinski definition) is 5. The largest absolute Gasteiger partial charge is 0.496 e. The van der Waals surface area contributed by atoms with Crippen molar-refractivity contribution < 1.29 is 17.9 Å². The summed E-state index contributed by atoms with van der Waals surface area (Å²) in [5.41, 5.74) is 4.45. The van der Waals surface area contributed by atoms with Gasteiger partial charge in [0.05, 0.1) is 24.6 Å². The third-order valence-electron chi connectivity index (χ3n) is 5.80. The Labute approximate surface area is 200 Å². The van der Waals surface area contributed by atoms with Crippen molar-refractivity contribution in [3.8, 4) is 16.9 Å². The van der Waals surface area contributed by atoms with Crippen LogP contribution in [0.4, 0.5) is 16.2 Å². The quantitative estimate of drug-likeness (QED) is 0.558. The molecule has 2 aromatic carbocycles. The van der Waals surface area contributed by atoms with Crippen molar-refractivity contribution in [2.75, 3.05) is 36.1 Å². The number of nitrogens with zero attached hydrogens (tertiary/aromatic N) is 2. The minimum Gasteiger partial charge on any atom is -0.496 e. The number of anilines is 2. The molecule has 2 N–H and O–H groups in total.